The lowest BCUT2D eigenvalue weighted by Gasteiger charge is -2.42. The first kappa shape index (κ1) is 31.8. The van der Waals surface area contributed by atoms with Crippen LogP contribution in [0.2, 0.25) is 0 Å². The molecule has 0 amide bonds. The Labute approximate surface area is 309 Å². The molecule has 0 fully saturated rings. The molecule has 0 aliphatic heterocycles. The minimum absolute atomic E-state index is 0.0765. The van der Waals surface area contributed by atoms with Crippen molar-refractivity contribution in [3.63, 3.8) is 0 Å². The fourth-order valence-corrected chi connectivity index (χ4v) is 9.11. The molecule has 0 spiro atoms. The Hall–Kier alpha value is -5.93. The molecule has 0 unspecified atom stereocenters. The first-order chi connectivity index (χ1) is 25.7. The monoisotopic (exact) mass is 688 g/mol. The van der Waals surface area contributed by atoms with Gasteiger partial charge in [-0.05, 0) is 112 Å². The van der Waals surface area contributed by atoms with Crippen molar-refractivity contribution in [1.29, 1.82) is 0 Å². The number of hydrogen-bond donors (Lipinski definition) is 0. The van der Waals surface area contributed by atoms with Gasteiger partial charge in [0, 0.05) is 32.8 Å². The molecule has 0 N–H and O–H groups in total. The Kier molecular flexibility index (Phi) is 6.92. The molecule has 0 saturated heterocycles. The summed E-state index contributed by atoms with van der Waals surface area (Å²) in [6.07, 6.45) is 2.32. The number of halogens is 1. The Morgan fingerprint density at radius 1 is 0.434 bits per heavy atom. The third-order valence-electron chi connectivity index (χ3n) is 12.1. The second-order valence-electron chi connectivity index (χ2n) is 16.2. The van der Waals surface area contributed by atoms with E-state index < -0.39 is 0 Å². The Morgan fingerprint density at radius 3 is 1.91 bits per heavy atom. The number of fused-ring (bicyclic) bond motifs is 7. The van der Waals surface area contributed by atoms with Crippen molar-refractivity contribution in [2.24, 2.45) is 0 Å². The third-order valence-corrected chi connectivity index (χ3v) is 12.1. The van der Waals surface area contributed by atoms with E-state index in [0.717, 1.165) is 50.7 Å². The molecule has 0 saturated carbocycles. The van der Waals surface area contributed by atoms with Crippen molar-refractivity contribution >= 4 is 43.6 Å². The van der Waals surface area contributed by atoms with Gasteiger partial charge in [-0.15, -0.1) is 0 Å². The van der Waals surface area contributed by atoms with Gasteiger partial charge in [0.15, 0.2) is 0 Å². The summed E-state index contributed by atoms with van der Waals surface area (Å²) >= 11 is 0. The molecule has 53 heavy (non-hydrogen) atoms. The molecule has 1 aliphatic carbocycles. The van der Waals surface area contributed by atoms with E-state index in [4.69, 9.17) is 0 Å². The smallest absolute Gasteiger partial charge is 0.123 e. The van der Waals surface area contributed by atoms with Gasteiger partial charge in [0.1, 0.15) is 5.82 Å². The number of benzene rings is 7. The molecule has 1 aliphatic rings. The lowest BCUT2D eigenvalue weighted by atomic mass is 9.63. The fourth-order valence-electron chi connectivity index (χ4n) is 9.11. The third kappa shape index (κ3) is 4.90. The highest BCUT2D eigenvalue weighted by Crippen LogP contribution is 2.47. The normalized spacial score (nSPS) is 15.0. The number of hydrogen-bond acceptors (Lipinski definition) is 0. The van der Waals surface area contributed by atoms with Crippen LogP contribution in [-0.2, 0) is 10.8 Å². The van der Waals surface area contributed by atoms with E-state index >= 15 is 0 Å². The van der Waals surface area contributed by atoms with Crippen LogP contribution in [0.5, 0.6) is 0 Å². The summed E-state index contributed by atoms with van der Waals surface area (Å²) in [5, 5.41) is 4.41. The van der Waals surface area contributed by atoms with Gasteiger partial charge in [-0.3, -0.25) is 0 Å². The summed E-state index contributed by atoms with van der Waals surface area (Å²) < 4.78 is 19.6. The number of aromatic nitrogens is 2. The zero-order valence-electron chi connectivity index (χ0n) is 30.6. The SMILES string of the molecule is CC1(C)CCC(C)(C)c2cc(-n3c4ccc(F)cc4c4ccc(-c5ccc6c(c5)c5ccccc5n6-c5ccccc5-c5ccccc5)cc43)ccc21. The lowest BCUT2D eigenvalue weighted by Crippen LogP contribution is -2.33. The van der Waals surface area contributed by atoms with Crippen LogP contribution in [0.25, 0.3) is 77.2 Å². The van der Waals surface area contributed by atoms with E-state index in [1.54, 1.807) is 12.1 Å². The Bertz CT molecular complexity index is 2900. The maximum absolute atomic E-state index is 14.8. The highest BCUT2D eigenvalue weighted by molar-refractivity contribution is 6.12. The molecule has 0 atom stereocenters. The van der Waals surface area contributed by atoms with Gasteiger partial charge in [-0.1, -0.05) is 119 Å². The van der Waals surface area contributed by atoms with E-state index in [1.165, 1.54) is 50.5 Å². The van der Waals surface area contributed by atoms with Gasteiger partial charge in [0.2, 0.25) is 0 Å². The van der Waals surface area contributed by atoms with Crippen molar-refractivity contribution in [2.45, 2.75) is 51.4 Å². The lowest BCUT2D eigenvalue weighted by molar-refractivity contribution is 0.332. The largest absolute Gasteiger partial charge is 0.309 e. The van der Waals surface area contributed by atoms with Crippen LogP contribution >= 0.6 is 0 Å². The summed E-state index contributed by atoms with van der Waals surface area (Å²) in [6.45, 7) is 9.48. The summed E-state index contributed by atoms with van der Waals surface area (Å²) in [6, 6.07) is 53.8. The quantitative estimate of drug-likeness (QED) is 0.174. The molecular formula is C50H41FN2. The molecule has 10 rings (SSSR count). The van der Waals surface area contributed by atoms with Gasteiger partial charge in [-0.25, -0.2) is 4.39 Å². The second kappa shape index (κ2) is 11.5. The highest BCUT2D eigenvalue weighted by Gasteiger charge is 2.37. The number of rotatable bonds is 4. The van der Waals surface area contributed by atoms with Gasteiger partial charge in [0.25, 0.3) is 0 Å². The molecule has 258 valence electrons. The van der Waals surface area contributed by atoms with Crippen molar-refractivity contribution < 1.29 is 4.39 Å². The van der Waals surface area contributed by atoms with Crippen LogP contribution < -0.4 is 0 Å². The zero-order valence-corrected chi connectivity index (χ0v) is 30.6. The van der Waals surface area contributed by atoms with Gasteiger partial charge in [-0.2, -0.15) is 0 Å². The first-order valence-electron chi connectivity index (χ1n) is 18.8. The topological polar surface area (TPSA) is 9.86 Å². The molecule has 2 heterocycles. The second-order valence-corrected chi connectivity index (χ2v) is 16.2. The molecular weight excluding hydrogens is 648 g/mol. The first-order valence-corrected chi connectivity index (χ1v) is 18.8. The molecule has 2 aromatic heterocycles. The molecule has 0 radical (unpaired) electrons. The standard InChI is InChI=1S/C50H41FN2/c1-49(2)26-27-50(3,4)43-31-36(21-23-42(43)49)52-46-25-20-35(51)30-41(46)39-22-18-34(29-48(39)52)33-19-24-47-40(28-33)38-15-9-11-17-45(38)53(47)44-16-10-8-14-37(44)32-12-6-5-7-13-32/h5-25,28-31H,26-27H2,1-4H3. The van der Waals surface area contributed by atoms with E-state index in [-0.39, 0.29) is 16.6 Å². The Morgan fingerprint density at radius 2 is 1.06 bits per heavy atom. The molecule has 7 aromatic carbocycles. The maximum atomic E-state index is 14.8. The molecule has 0 bridgehead atoms. The number of nitrogens with zero attached hydrogens (tertiary/aromatic N) is 2. The summed E-state index contributed by atoms with van der Waals surface area (Å²) in [5.74, 6) is -0.218. The van der Waals surface area contributed by atoms with Crippen molar-refractivity contribution in [1.82, 2.24) is 9.13 Å². The fraction of sp³-hybridized carbons (Fsp3) is 0.160. The highest BCUT2D eigenvalue weighted by atomic mass is 19.1. The number of para-hydroxylation sites is 2. The van der Waals surface area contributed by atoms with E-state index in [0.29, 0.717) is 0 Å². The van der Waals surface area contributed by atoms with Crippen LogP contribution in [0.15, 0.2) is 152 Å². The van der Waals surface area contributed by atoms with E-state index in [1.807, 2.05) is 6.07 Å². The van der Waals surface area contributed by atoms with Crippen LogP contribution in [0, 0.1) is 5.82 Å². The minimum atomic E-state index is -0.218. The Balaban J connectivity index is 1.18. The van der Waals surface area contributed by atoms with Gasteiger partial charge >= 0.3 is 0 Å². The van der Waals surface area contributed by atoms with Crippen LogP contribution in [0.1, 0.15) is 51.7 Å². The minimum Gasteiger partial charge on any atom is -0.309 e. The average molecular weight is 689 g/mol. The summed E-state index contributed by atoms with van der Waals surface area (Å²) in [4.78, 5) is 0. The van der Waals surface area contributed by atoms with Crippen LogP contribution in [0.4, 0.5) is 4.39 Å². The predicted molar refractivity (Wildman–Crippen MR) is 221 cm³/mol. The van der Waals surface area contributed by atoms with Crippen LogP contribution in [0.3, 0.4) is 0 Å². The molecule has 2 nitrogen and oxygen atoms in total. The average Bonchev–Trinajstić information content (AvgIpc) is 3.68. The van der Waals surface area contributed by atoms with Crippen LogP contribution in [-0.4, -0.2) is 9.13 Å². The maximum Gasteiger partial charge on any atom is 0.123 e. The van der Waals surface area contributed by atoms with Crippen molar-refractivity contribution in [3.05, 3.63) is 169 Å². The summed E-state index contributed by atoms with van der Waals surface area (Å²) in [7, 11) is 0. The summed E-state index contributed by atoms with van der Waals surface area (Å²) in [5.41, 5.74) is 14.4. The van der Waals surface area contributed by atoms with Crippen molar-refractivity contribution in [2.75, 3.05) is 0 Å². The van der Waals surface area contributed by atoms with Gasteiger partial charge in [0.05, 0.1) is 27.8 Å². The van der Waals surface area contributed by atoms with E-state index in [9.17, 15) is 4.39 Å². The van der Waals surface area contributed by atoms with E-state index in [2.05, 4.69) is 170 Å². The van der Waals surface area contributed by atoms with Gasteiger partial charge < -0.3 is 9.13 Å². The molecule has 3 heteroatoms. The van der Waals surface area contributed by atoms with Crippen molar-refractivity contribution in [3.8, 4) is 33.6 Å². The molecule has 9 aromatic rings. The zero-order chi connectivity index (χ0) is 36.1. The predicted octanol–water partition coefficient (Wildman–Crippen LogP) is 13.7.